The van der Waals surface area contributed by atoms with E-state index in [0.29, 0.717) is 15.0 Å². The van der Waals surface area contributed by atoms with Gasteiger partial charge < -0.3 is 0 Å². The van der Waals surface area contributed by atoms with Crippen LogP contribution >= 0.6 is 11.6 Å². The van der Waals surface area contributed by atoms with Crippen molar-refractivity contribution in [1.82, 2.24) is 0 Å². The molecule has 0 saturated carbocycles. The van der Waals surface area contributed by atoms with E-state index in [1.165, 1.54) is 11.4 Å². The molecule has 0 aromatic heterocycles. The normalized spacial score (nSPS) is 10.4. The van der Waals surface area contributed by atoms with E-state index in [-0.39, 0.29) is 20.9 Å². The third kappa shape index (κ3) is 5.38. The summed E-state index contributed by atoms with van der Waals surface area (Å²) >= 11 is 6.39. The maximum atomic E-state index is 5.89. The third-order valence-corrected chi connectivity index (χ3v) is 9.64. The second-order valence-electron chi connectivity index (χ2n) is 3.76. The summed E-state index contributed by atoms with van der Waals surface area (Å²) in [6.07, 6.45) is 0. The van der Waals surface area contributed by atoms with E-state index in [0.717, 1.165) is 17.4 Å². The van der Waals surface area contributed by atoms with E-state index >= 15 is 0 Å². The summed E-state index contributed by atoms with van der Waals surface area (Å²) in [6.45, 7) is 2.74. The molecule has 0 amide bonds. The van der Waals surface area contributed by atoms with Crippen molar-refractivity contribution in [3.8, 4) is 5.75 Å². The summed E-state index contributed by atoms with van der Waals surface area (Å²) in [5, 5.41) is 0.822. The Balaban J connectivity index is 1.80. The maximum absolute atomic E-state index is 5.89. The molecule has 2 rings (SSSR count). The standard InChI is InChI=1S/C15H15ClOSeTe/c1-2-17-13-5-9-15(10-6-13)19-11-18-14-7-3-12(16)4-8-14/h3-10H,2,11H2,1H3. The van der Waals surface area contributed by atoms with Gasteiger partial charge in [-0.05, 0) is 0 Å². The van der Waals surface area contributed by atoms with Gasteiger partial charge in [0.05, 0.1) is 0 Å². The number of hydrogen-bond donors (Lipinski definition) is 0. The molecule has 0 N–H and O–H groups in total. The van der Waals surface area contributed by atoms with Crippen LogP contribution in [0.4, 0.5) is 0 Å². The molecule has 0 spiro atoms. The van der Waals surface area contributed by atoms with Gasteiger partial charge in [-0.15, -0.1) is 0 Å². The van der Waals surface area contributed by atoms with Gasteiger partial charge in [-0.3, -0.25) is 0 Å². The van der Waals surface area contributed by atoms with Crippen molar-refractivity contribution in [3.63, 3.8) is 0 Å². The van der Waals surface area contributed by atoms with Crippen LogP contribution in [0.5, 0.6) is 5.75 Å². The van der Waals surface area contributed by atoms with Crippen LogP contribution in [0.2, 0.25) is 8.39 Å². The van der Waals surface area contributed by atoms with Gasteiger partial charge >= 0.3 is 136 Å². The van der Waals surface area contributed by atoms with Gasteiger partial charge in [0.1, 0.15) is 0 Å². The monoisotopic (exact) mass is 456 g/mol. The fourth-order valence-corrected chi connectivity index (χ4v) is 8.85. The van der Waals surface area contributed by atoms with Gasteiger partial charge in [-0.1, -0.05) is 0 Å². The Bertz CT molecular complexity index is 499. The predicted molar refractivity (Wildman–Crippen MR) is 84.6 cm³/mol. The Labute approximate surface area is 135 Å². The Morgan fingerprint density at radius 2 is 1.74 bits per heavy atom. The van der Waals surface area contributed by atoms with Crippen LogP contribution in [0.1, 0.15) is 6.92 Å². The van der Waals surface area contributed by atoms with Gasteiger partial charge in [0.15, 0.2) is 0 Å². The third-order valence-electron chi connectivity index (χ3n) is 2.40. The van der Waals surface area contributed by atoms with Gasteiger partial charge in [-0.25, -0.2) is 0 Å². The molecule has 0 radical (unpaired) electrons. The molecule has 0 aliphatic carbocycles. The molecule has 0 aliphatic heterocycles. The molecule has 0 aliphatic rings. The van der Waals surface area contributed by atoms with E-state index < -0.39 is 0 Å². The molecule has 0 heterocycles. The molecular formula is C15H15ClOSeTe. The van der Waals surface area contributed by atoms with E-state index in [9.17, 15) is 0 Å². The minimum atomic E-state index is -0.0740. The number of hydrogen-bond acceptors (Lipinski definition) is 1. The molecule has 4 heteroatoms. The molecule has 0 atom stereocenters. The Kier molecular flexibility index (Phi) is 6.57. The molecule has 2 aromatic carbocycles. The summed E-state index contributed by atoms with van der Waals surface area (Å²) in [7, 11) is 0. The van der Waals surface area contributed by atoms with Crippen molar-refractivity contribution in [2.75, 3.05) is 6.61 Å². The average molecular weight is 453 g/mol. The zero-order chi connectivity index (χ0) is 13.5. The summed E-state index contributed by atoms with van der Waals surface area (Å²) in [6, 6.07) is 16.8. The van der Waals surface area contributed by atoms with E-state index in [1.807, 2.05) is 19.1 Å². The van der Waals surface area contributed by atoms with Crippen molar-refractivity contribution in [1.29, 1.82) is 0 Å². The average Bonchev–Trinajstić information content (AvgIpc) is 2.43. The Hall–Kier alpha value is -0.161. The summed E-state index contributed by atoms with van der Waals surface area (Å²) in [5.74, 6) is 0.974. The van der Waals surface area contributed by atoms with Gasteiger partial charge in [0, 0.05) is 0 Å². The van der Waals surface area contributed by atoms with Crippen LogP contribution in [0.15, 0.2) is 48.5 Å². The first kappa shape index (κ1) is 15.2. The molecule has 100 valence electrons. The van der Waals surface area contributed by atoms with Gasteiger partial charge in [0.2, 0.25) is 0 Å². The summed E-state index contributed by atoms with van der Waals surface area (Å²) in [5.41, 5.74) is 0. The summed E-state index contributed by atoms with van der Waals surface area (Å²) in [4.78, 5) is 0. The van der Waals surface area contributed by atoms with Gasteiger partial charge in [0.25, 0.3) is 0 Å². The van der Waals surface area contributed by atoms with Crippen LogP contribution < -0.4 is 12.8 Å². The van der Waals surface area contributed by atoms with Crippen LogP contribution in [-0.4, -0.2) is 42.5 Å². The van der Waals surface area contributed by atoms with Crippen molar-refractivity contribution < 1.29 is 4.74 Å². The van der Waals surface area contributed by atoms with E-state index in [4.69, 9.17) is 16.3 Å². The molecule has 0 fully saturated rings. The molecule has 1 nitrogen and oxygen atoms in total. The second kappa shape index (κ2) is 8.20. The van der Waals surface area contributed by atoms with E-state index in [1.54, 1.807) is 0 Å². The van der Waals surface area contributed by atoms with Crippen molar-refractivity contribution in [2.24, 2.45) is 0 Å². The zero-order valence-electron chi connectivity index (χ0n) is 10.6. The number of rotatable bonds is 6. The fourth-order valence-electron chi connectivity index (χ4n) is 1.50. The number of benzene rings is 2. The first-order valence-electron chi connectivity index (χ1n) is 6.02. The number of ether oxygens (including phenoxy) is 1. The first-order chi connectivity index (χ1) is 9.28. The molecule has 19 heavy (non-hydrogen) atoms. The fraction of sp³-hybridized carbons (Fsp3) is 0.200. The van der Waals surface area contributed by atoms with Crippen LogP contribution in [0.3, 0.4) is 0 Å². The topological polar surface area (TPSA) is 9.23 Å². The van der Waals surface area contributed by atoms with E-state index in [2.05, 4.69) is 36.4 Å². The molecule has 0 saturated heterocycles. The van der Waals surface area contributed by atoms with Crippen molar-refractivity contribution in [2.45, 2.75) is 10.3 Å². The molecule has 2 aromatic rings. The van der Waals surface area contributed by atoms with Crippen LogP contribution in [0.25, 0.3) is 0 Å². The summed E-state index contributed by atoms with van der Waals surface area (Å²) < 4.78 is 9.73. The predicted octanol–water partition coefficient (Wildman–Crippen LogP) is 2.47. The molecule has 0 unspecified atom stereocenters. The van der Waals surface area contributed by atoms with Crippen molar-refractivity contribution in [3.05, 3.63) is 53.6 Å². The number of halogens is 1. The molecular weight excluding hydrogens is 438 g/mol. The quantitative estimate of drug-likeness (QED) is 0.611. The van der Waals surface area contributed by atoms with Crippen molar-refractivity contribution >= 4 is 55.6 Å². The van der Waals surface area contributed by atoms with Crippen LogP contribution in [0, 0.1) is 0 Å². The zero-order valence-corrected chi connectivity index (χ0v) is 15.4. The Morgan fingerprint density at radius 1 is 1.05 bits per heavy atom. The van der Waals surface area contributed by atoms with Crippen LogP contribution in [-0.2, 0) is 0 Å². The first-order valence-corrected chi connectivity index (χ1v) is 11.3. The second-order valence-corrected chi connectivity index (χ2v) is 12.0. The SMILES string of the molecule is CCOc1ccc([Te]C[Se]c2ccc(Cl)cc2)cc1. The van der Waals surface area contributed by atoms with Gasteiger partial charge in [-0.2, -0.15) is 0 Å². The Morgan fingerprint density at radius 3 is 2.37 bits per heavy atom. The minimum absolute atomic E-state index is 0.0740. The molecule has 0 bridgehead atoms.